The summed E-state index contributed by atoms with van der Waals surface area (Å²) >= 11 is 7.37. The van der Waals surface area contributed by atoms with Gasteiger partial charge in [-0.05, 0) is 68.8 Å². The molecule has 0 atom stereocenters. The molecule has 0 radical (unpaired) electrons. The Hall–Kier alpha value is -3.02. The molecule has 1 N–H and O–H groups in total. The summed E-state index contributed by atoms with van der Waals surface area (Å²) in [5.74, 6) is -0.735. The Kier molecular flexibility index (Phi) is 5.90. The van der Waals surface area contributed by atoms with Crippen molar-refractivity contribution >= 4 is 46.6 Å². The number of carbonyl (C=O) groups is 2. The minimum absolute atomic E-state index is 0.272. The molecular weight excluding hydrogens is 428 g/mol. The fraction of sp³-hybridized carbons (Fsp3) is 0.120. The van der Waals surface area contributed by atoms with Gasteiger partial charge in [-0.1, -0.05) is 58.8 Å². The molecule has 0 aliphatic carbocycles. The van der Waals surface area contributed by atoms with E-state index in [0.717, 1.165) is 27.3 Å². The van der Waals surface area contributed by atoms with Gasteiger partial charge in [-0.25, -0.2) is 4.90 Å². The Morgan fingerprint density at radius 2 is 1.42 bits per heavy atom. The van der Waals surface area contributed by atoms with Crippen molar-refractivity contribution < 1.29 is 9.59 Å². The molecule has 3 aromatic rings. The number of thioether (sulfide) groups is 1. The maximum Gasteiger partial charge on any atom is 0.283 e. The van der Waals surface area contributed by atoms with Gasteiger partial charge in [0, 0.05) is 15.6 Å². The summed E-state index contributed by atoms with van der Waals surface area (Å²) < 4.78 is 0. The summed E-state index contributed by atoms with van der Waals surface area (Å²) in [6, 6.07) is 20.7. The van der Waals surface area contributed by atoms with Gasteiger partial charge in [0.15, 0.2) is 0 Å². The molecule has 4 nitrogen and oxygen atoms in total. The molecule has 0 unspecified atom stereocenters. The van der Waals surface area contributed by atoms with Crippen LogP contribution in [0.4, 0.5) is 11.4 Å². The number of amides is 2. The van der Waals surface area contributed by atoms with Crippen molar-refractivity contribution in [1.29, 1.82) is 0 Å². The van der Waals surface area contributed by atoms with E-state index in [4.69, 9.17) is 11.6 Å². The summed E-state index contributed by atoms with van der Waals surface area (Å²) in [6.45, 7) is 5.84. The van der Waals surface area contributed by atoms with Crippen LogP contribution in [-0.4, -0.2) is 11.8 Å². The molecule has 3 aromatic carbocycles. The molecule has 0 aromatic heterocycles. The molecule has 31 heavy (non-hydrogen) atoms. The standard InChI is InChI=1S/C25H21ClN2O2S/c1-15-4-9-19(10-5-15)27-22-23(31-20-11-6-16(2)7-12-20)25(30)28(24(22)29)21-13-8-18(26)14-17(21)3/h4-14,27H,1-3H3. The number of nitrogens with zero attached hydrogens (tertiary/aromatic N) is 1. The zero-order chi connectivity index (χ0) is 22.1. The largest absolute Gasteiger partial charge is 0.350 e. The lowest BCUT2D eigenvalue weighted by Gasteiger charge is -2.18. The van der Waals surface area contributed by atoms with Gasteiger partial charge in [-0.2, -0.15) is 0 Å². The van der Waals surface area contributed by atoms with Crippen LogP contribution in [0.5, 0.6) is 0 Å². The molecule has 0 saturated heterocycles. The van der Waals surface area contributed by atoms with Gasteiger partial charge in [0.25, 0.3) is 11.8 Å². The SMILES string of the molecule is Cc1ccc(NC2=C(Sc3ccc(C)cc3)C(=O)N(c3ccc(Cl)cc3C)C2=O)cc1. The Balaban J connectivity index is 1.76. The first-order chi connectivity index (χ1) is 14.8. The maximum atomic E-state index is 13.4. The van der Waals surface area contributed by atoms with Gasteiger partial charge in [0.05, 0.1) is 5.69 Å². The van der Waals surface area contributed by atoms with Crippen LogP contribution in [0.1, 0.15) is 16.7 Å². The summed E-state index contributed by atoms with van der Waals surface area (Å²) in [5.41, 5.74) is 4.55. The number of benzene rings is 3. The third kappa shape index (κ3) is 4.38. The first kappa shape index (κ1) is 21.2. The molecular formula is C25H21ClN2O2S. The molecule has 1 aliphatic rings. The van der Waals surface area contributed by atoms with Crippen molar-refractivity contribution in [2.24, 2.45) is 0 Å². The molecule has 1 aliphatic heterocycles. The van der Waals surface area contributed by atoms with Crippen LogP contribution in [0.15, 0.2) is 82.2 Å². The van der Waals surface area contributed by atoms with E-state index in [1.54, 1.807) is 18.2 Å². The van der Waals surface area contributed by atoms with E-state index in [-0.39, 0.29) is 17.5 Å². The average Bonchev–Trinajstić information content (AvgIpc) is 2.96. The minimum Gasteiger partial charge on any atom is -0.350 e. The first-order valence-electron chi connectivity index (χ1n) is 9.81. The number of imide groups is 1. The number of hydrogen-bond acceptors (Lipinski definition) is 4. The van der Waals surface area contributed by atoms with Crippen LogP contribution in [0, 0.1) is 20.8 Å². The van der Waals surface area contributed by atoms with Crippen molar-refractivity contribution in [1.82, 2.24) is 0 Å². The second-order valence-corrected chi connectivity index (χ2v) is 9.01. The second-order valence-electron chi connectivity index (χ2n) is 7.49. The van der Waals surface area contributed by atoms with E-state index >= 15 is 0 Å². The lowest BCUT2D eigenvalue weighted by Crippen LogP contribution is -2.32. The van der Waals surface area contributed by atoms with E-state index in [9.17, 15) is 9.59 Å². The van der Waals surface area contributed by atoms with Gasteiger partial charge >= 0.3 is 0 Å². The number of halogens is 1. The van der Waals surface area contributed by atoms with Crippen molar-refractivity contribution in [3.05, 3.63) is 99.0 Å². The molecule has 1 heterocycles. The maximum absolute atomic E-state index is 13.4. The lowest BCUT2D eigenvalue weighted by molar-refractivity contribution is -0.120. The molecule has 6 heteroatoms. The molecule has 156 valence electrons. The highest BCUT2D eigenvalue weighted by atomic mass is 35.5. The van der Waals surface area contributed by atoms with Gasteiger partial charge in [0.2, 0.25) is 0 Å². The zero-order valence-corrected chi connectivity index (χ0v) is 19.0. The van der Waals surface area contributed by atoms with E-state index in [1.807, 2.05) is 69.3 Å². The van der Waals surface area contributed by atoms with Crippen LogP contribution in [0.25, 0.3) is 0 Å². The van der Waals surface area contributed by atoms with Gasteiger partial charge in [0.1, 0.15) is 10.6 Å². The van der Waals surface area contributed by atoms with Crippen LogP contribution in [0.3, 0.4) is 0 Å². The van der Waals surface area contributed by atoms with E-state index < -0.39 is 0 Å². The molecule has 0 saturated carbocycles. The second kappa shape index (κ2) is 8.61. The van der Waals surface area contributed by atoms with Crippen molar-refractivity contribution in [3.63, 3.8) is 0 Å². The number of nitrogens with one attached hydrogen (secondary N) is 1. The summed E-state index contributed by atoms with van der Waals surface area (Å²) in [4.78, 5) is 29.3. The van der Waals surface area contributed by atoms with Crippen molar-refractivity contribution in [3.8, 4) is 0 Å². The lowest BCUT2D eigenvalue weighted by atomic mass is 10.2. The first-order valence-corrected chi connectivity index (χ1v) is 11.0. The van der Waals surface area contributed by atoms with E-state index in [0.29, 0.717) is 15.6 Å². The highest BCUT2D eigenvalue weighted by molar-refractivity contribution is 8.04. The average molecular weight is 449 g/mol. The van der Waals surface area contributed by atoms with Crippen molar-refractivity contribution in [2.75, 3.05) is 10.2 Å². The highest BCUT2D eigenvalue weighted by Crippen LogP contribution is 2.39. The minimum atomic E-state index is -0.384. The van der Waals surface area contributed by atoms with Gasteiger partial charge in [-0.3, -0.25) is 9.59 Å². The van der Waals surface area contributed by atoms with Crippen molar-refractivity contribution in [2.45, 2.75) is 25.7 Å². The Morgan fingerprint density at radius 1 is 0.806 bits per heavy atom. The smallest absolute Gasteiger partial charge is 0.283 e. The van der Waals surface area contributed by atoms with Crippen LogP contribution >= 0.6 is 23.4 Å². The Labute approximate surface area is 190 Å². The number of rotatable bonds is 5. The van der Waals surface area contributed by atoms with Crippen LogP contribution in [0.2, 0.25) is 5.02 Å². The predicted molar refractivity (Wildman–Crippen MR) is 128 cm³/mol. The summed E-state index contributed by atoms with van der Waals surface area (Å²) in [5, 5.41) is 3.74. The van der Waals surface area contributed by atoms with Crippen LogP contribution < -0.4 is 10.2 Å². The molecule has 4 rings (SSSR count). The quantitative estimate of drug-likeness (QED) is 0.468. The number of carbonyl (C=O) groups excluding carboxylic acids is 2. The zero-order valence-electron chi connectivity index (χ0n) is 17.4. The molecule has 2 amide bonds. The number of aryl methyl sites for hydroxylation is 3. The summed E-state index contributed by atoms with van der Waals surface area (Å²) in [6.07, 6.45) is 0. The van der Waals surface area contributed by atoms with Gasteiger partial charge in [-0.15, -0.1) is 0 Å². The number of hydrogen-bond donors (Lipinski definition) is 1. The highest BCUT2D eigenvalue weighted by Gasteiger charge is 2.40. The molecule has 0 fully saturated rings. The van der Waals surface area contributed by atoms with Gasteiger partial charge < -0.3 is 5.32 Å². The Bertz CT molecular complexity index is 1130. The fourth-order valence-electron chi connectivity index (χ4n) is 3.31. The fourth-order valence-corrected chi connectivity index (χ4v) is 4.46. The summed E-state index contributed by atoms with van der Waals surface area (Å²) in [7, 11) is 0. The topological polar surface area (TPSA) is 49.4 Å². The van der Waals surface area contributed by atoms with E-state index in [1.165, 1.54) is 16.7 Å². The Morgan fingerprint density at radius 3 is 2.03 bits per heavy atom. The van der Waals surface area contributed by atoms with E-state index in [2.05, 4.69) is 5.32 Å². The molecule has 0 bridgehead atoms. The molecule has 0 spiro atoms. The third-order valence-electron chi connectivity index (χ3n) is 5.00. The normalized spacial score (nSPS) is 13.9. The number of anilines is 2. The predicted octanol–water partition coefficient (Wildman–Crippen LogP) is 6.25. The monoisotopic (exact) mass is 448 g/mol. The van der Waals surface area contributed by atoms with Crippen LogP contribution in [-0.2, 0) is 9.59 Å². The third-order valence-corrected chi connectivity index (χ3v) is 6.33.